The van der Waals surface area contributed by atoms with Crippen LogP contribution in [0.2, 0.25) is 0 Å². The van der Waals surface area contributed by atoms with Crippen molar-refractivity contribution in [2.75, 3.05) is 0 Å². The lowest BCUT2D eigenvalue weighted by atomic mass is 10.0. The zero-order chi connectivity index (χ0) is 8.88. The van der Waals surface area contributed by atoms with Gasteiger partial charge < -0.3 is 10.2 Å². The quantitative estimate of drug-likeness (QED) is 0.664. The largest absolute Gasteiger partial charge is 0.390 e. The Labute approximate surface area is 73.6 Å². The van der Waals surface area contributed by atoms with Gasteiger partial charge in [0.05, 0.1) is 12.2 Å². The van der Waals surface area contributed by atoms with Crippen molar-refractivity contribution in [3.8, 4) is 0 Å². The first kappa shape index (κ1) is 8.52. The summed E-state index contributed by atoms with van der Waals surface area (Å²) >= 11 is 0. The van der Waals surface area contributed by atoms with E-state index < -0.39 is 12.2 Å². The van der Waals surface area contributed by atoms with Gasteiger partial charge >= 0.3 is 0 Å². The zero-order valence-electron chi connectivity index (χ0n) is 7.77. The van der Waals surface area contributed by atoms with Crippen LogP contribution in [0.1, 0.15) is 26.7 Å². The minimum Gasteiger partial charge on any atom is -0.390 e. The van der Waals surface area contributed by atoms with Gasteiger partial charge in [0.15, 0.2) is 0 Å². The van der Waals surface area contributed by atoms with Gasteiger partial charge in [-0.25, -0.2) is 0 Å². The van der Waals surface area contributed by atoms with Crippen LogP contribution in [0, 0.1) is 23.7 Å². The minimum absolute atomic E-state index is 0.382. The smallest absolute Gasteiger partial charge is 0.0832 e. The summed E-state index contributed by atoms with van der Waals surface area (Å²) in [4.78, 5) is 0. The Bertz CT molecular complexity index is 161. The van der Waals surface area contributed by atoms with Gasteiger partial charge in [-0.3, -0.25) is 0 Å². The predicted octanol–water partition coefficient (Wildman–Crippen LogP) is 1.02. The van der Waals surface area contributed by atoms with Crippen molar-refractivity contribution in [1.82, 2.24) is 0 Å². The maximum absolute atomic E-state index is 9.71. The fourth-order valence-corrected chi connectivity index (χ4v) is 2.16. The molecule has 0 aliphatic heterocycles. The maximum Gasteiger partial charge on any atom is 0.0832 e. The average molecular weight is 170 g/mol. The van der Waals surface area contributed by atoms with Crippen LogP contribution >= 0.6 is 0 Å². The van der Waals surface area contributed by atoms with Crippen LogP contribution in [-0.2, 0) is 0 Å². The van der Waals surface area contributed by atoms with Gasteiger partial charge in [-0.2, -0.15) is 0 Å². The fourth-order valence-electron chi connectivity index (χ4n) is 2.16. The van der Waals surface area contributed by atoms with E-state index in [0.717, 1.165) is 12.8 Å². The third-order valence-electron chi connectivity index (χ3n) is 3.57. The monoisotopic (exact) mass is 170 g/mol. The second-order valence-electron chi connectivity index (χ2n) is 4.73. The highest BCUT2D eigenvalue weighted by molar-refractivity contribution is 4.98. The van der Waals surface area contributed by atoms with E-state index >= 15 is 0 Å². The first-order valence-electron chi connectivity index (χ1n) is 4.97. The van der Waals surface area contributed by atoms with E-state index in [2.05, 4.69) is 13.8 Å². The van der Waals surface area contributed by atoms with Crippen LogP contribution in [0.4, 0.5) is 0 Å². The number of aliphatic hydroxyl groups is 2. The number of aliphatic hydroxyl groups excluding tert-OH is 2. The minimum atomic E-state index is -0.449. The molecule has 2 fully saturated rings. The van der Waals surface area contributed by atoms with Gasteiger partial charge in [0.25, 0.3) is 0 Å². The molecule has 6 atom stereocenters. The normalized spacial score (nSPS) is 50.0. The second-order valence-corrected chi connectivity index (χ2v) is 4.73. The number of hydrogen-bond acceptors (Lipinski definition) is 2. The topological polar surface area (TPSA) is 40.5 Å². The lowest BCUT2D eigenvalue weighted by Gasteiger charge is -2.17. The third-order valence-corrected chi connectivity index (χ3v) is 3.57. The Morgan fingerprint density at radius 3 is 1.33 bits per heavy atom. The van der Waals surface area contributed by atoms with Crippen molar-refractivity contribution in [3.63, 3.8) is 0 Å². The Hall–Kier alpha value is -0.0800. The summed E-state index contributed by atoms with van der Waals surface area (Å²) < 4.78 is 0. The molecule has 2 rings (SSSR count). The molecule has 0 saturated heterocycles. The van der Waals surface area contributed by atoms with E-state index in [1.807, 2.05) is 0 Å². The SMILES string of the molecule is C[C@H]1C[C@@H]1[C@H](O)[C@@H](O)[C@H]1C[C@@H]1C. The summed E-state index contributed by atoms with van der Waals surface area (Å²) in [6, 6.07) is 0. The standard InChI is InChI=1S/C10H18O2/c1-5-3-7(5)9(11)10(12)8-4-6(8)2/h5-12H,3-4H2,1-2H3/t5-,6-,7-,8-,9-,10-/m0/s1. The summed E-state index contributed by atoms with van der Waals surface area (Å²) in [5.74, 6) is 2.02. The molecule has 0 aromatic heterocycles. The molecule has 0 amide bonds. The first-order valence-corrected chi connectivity index (χ1v) is 4.97. The molecule has 0 radical (unpaired) electrons. The van der Waals surface area contributed by atoms with Gasteiger partial charge in [0.1, 0.15) is 0 Å². The summed E-state index contributed by atoms with van der Waals surface area (Å²) in [7, 11) is 0. The van der Waals surface area contributed by atoms with Crippen LogP contribution in [0.15, 0.2) is 0 Å². The molecule has 0 bridgehead atoms. The Kier molecular flexibility index (Phi) is 1.92. The molecule has 2 N–H and O–H groups in total. The van der Waals surface area contributed by atoms with Crippen LogP contribution < -0.4 is 0 Å². The molecule has 2 saturated carbocycles. The van der Waals surface area contributed by atoms with Gasteiger partial charge in [-0.1, -0.05) is 13.8 Å². The second kappa shape index (κ2) is 2.71. The number of rotatable bonds is 3. The molecule has 2 aliphatic rings. The van der Waals surface area contributed by atoms with Crippen LogP contribution in [0.3, 0.4) is 0 Å². The molecule has 0 aromatic carbocycles. The van der Waals surface area contributed by atoms with Crippen molar-refractivity contribution >= 4 is 0 Å². The van der Waals surface area contributed by atoms with E-state index in [9.17, 15) is 10.2 Å². The van der Waals surface area contributed by atoms with Gasteiger partial charge in [0.2, 0.25) is 0 Å². The summed E-state index contributed by atoms with van der Waals surface area (Å²) in [5, 5.41) is 19.4. The van der Waals surface area contributed by atoms with E-state index in [0.29, 0.717) is 23.7 Å². The molecule has 0 spiro atoms. The Morgan fingerprint density at radius 2 is 1.17 bits per heavy atom. The third kappa shape index (κ3) is 1.38. The highest BCUT2D eigenvalue weighted by Gasteiger charge is 2.48. The molecule has 0 unspecified atom stereocenters. The Morgan fingerprint density at radius 1 is 0.917 bits per heavy atom. The summed E-state index contributed by atoms with van der Waals surface area (Å²) in [5.41, 5.74) is 0. The van der Waals surface area contributed by atoms with Crippen LogP contribution in [0.25, 0.3) is 0 Å². The molecular weight excluding hydrogens is 152 g/mol. The molecule has 70 valence electrons. The highest BCUT2D eigenvalue weighted by Crippen LogP contribution is 2.47. The van der Waals surface area contributed by atoms with E-state index in [-0.39, 0.29) is 0 Å². The van der Waals surface area contributed by atoms with Crippen molar-refractivity contribution in [2.24, 2.45) is 23.7 Å². The Balaban J connectivity index is 1.83. The molecule has 0 aromatic rings. The van der Waals surface area contributed by atoms with Gasteiger partial charge in [-0.05, 0) is 36.5 Å². The molecule has 12 heavy (non-hydrogen) atoms. The van der Waals surface area contributed by atoms with Crippen molar-refractivity contribution in [3.05, 3.63) is 0 Å². The lowest BCUT2D eigenvalue weighted by Crippen LogP contribution is -2.30. The lowest BCUT2D eigenvalue weighted by molar-refractivity contribution is -0.0115. The van der Waals surface area contributed by atoms with E-state index in [1.54, 1.807) is 0 Å². The summed E-state index contributed by atoms with van der Waals surface area (Å²) in [6.07, 6.45) is 1.29. The fraction of sp³-hybridized carbons (Fsp3) is 1.00. The molecular formula is C10H18O2. The van der Waals surface area contributed by atoms with Crippen molar-refractivity contribution in [1.29, 1.82) is 0 Å². The maximum atomic E-state index is 9.71. The zero-order valence-corrected chi connectivity index (χ0v) is 7.77. The molecule has 0 heterocycles. The van der Waals surface area contributed by atoms with Crippen molar-refractivity contribution in [2.45, 2.75) is 38.9 Å². The summed E-state index contributed by atoms with van der Waals surface area (Å²) in [6.45, 7) is 4.27. The van der Waals surface area contributed by atoms with Crippen molar-refractivity contribution < 1.29 is 10.2 Å². The average Bonchev–Trinajstić information content (AvgIpc) is 2.88. The van der Waals surface area contributed by atoms with Gasteiger partial charge in [-0.15, -0.1) is 0 Å². The highest BCUT2D eigenvalue weighted by atomic mass is 16.3. The molecule has 2 heteroatoms. The number of hydrogen-bond donors (Lipinski definition) is 2. The predicted molar refractivity (Wildman–Crippen MR) is 46.6 cm³/mol. The van der Waals surface area contributed by atoms with Crippen LogP contribution in [0.5, 0.6) is 0 Å². The van der Waals surface area contributed by atoms with Crippen LogP contribution in [-0.4, -0.2) is 22.4 Å². The van der Waals surface area contributed by atoms with Gasteiger partial charge in [0, 0.05) is 0 Å². The first-order chi connectivity index (χ1) is 5.61. The van der Waals surface area contributed by atoms with E-state index in [1.165, 1.54) is 0 Å². The molecule has 2 aliphatic carbocycles. The van der Waals surface area contributed by atoms with E-state index in [4.69, 9.17) is 0 Å². The molecule has 2 nitrogen and oxygen atoms in total.